The number of ether oxygens (including phenoxy) is 2. The van der Waals surface area contributed by atoms with E-state index in [9.17, 15) is 4.39 Å². The van der Waals surface area contributed by atoms with Gasteiger partial charge in [0.15, 0.2) is 0 Å². The maximum absolute atomic E-state index is 13.2. The Hall–Kier alpha value is -0.230. The number of hydrogen-bond donors (Lipinski definition) is 0. The smallest absolute Gasteiger partial charge is 0.115 e. The van der Waals surface area contributed by atoms with Crippen molar-refractivity contribution < 1.29 is 13.9 Å². The van der Waals surface area contributed by atoms with Gasteiger partial charge in [0.05, 0.1) is 13.2 Å². The van der Waals surface area contributed by atoms with Gasteiger partial charge in [-0.05, 0) is 65.1 Å². The lowest BCUT2D eigenvalue weighted by Crippen LogP contribution is -2.42. The molecule has 0 aromatic rings. The molecule has 4 nitrogen and oxygen atoms in total. The van der Waals surface area contributed by atoms with Crippen molar-refractivity contribution in [3.8, 4) is 0 Å². The highest BCUT2D eigenvalue weighted by molar-refractivity contribution is 5.03. The lowest BCUT2D eigenvalue weighted by molar-refractivity contribution is 0.0413. The highest BCUT2D eigenvalue weighted by Gasteiger charge is 2.48. The predicted octanol–water partition coefficient (Wildman–Crippen LogP) is 4.91. The van der Waals surface area contributed by atoms with Gasteiger partial charge in [0, 0.05) is 37.8 Å². The minimum Gasteiger partial charge on any atom is -0.383 e. The summed E-state index contributed by atoms with van der Waals surface area (Å²) in [5.41, 5.74) is 0.532. The molecule has 0 saturated carbocycles. The molecule has 2 atom stereocenters. The summed E-state index contributed by atoms with van der Waals surface area (Å²) in [5.74, 6) is 0. The molecular weight excluding hydrogens is 355 g/mol. The fourth-order valence-corrected chi connectivity index (χ4v) is 5.47. The highest BCUT2D eigenvalue weighted by Crippen LogP contribution is 2.40. The molecule has 4 aliphatic rings. The second kappa shape index (κ2) is 13.1. The topological polar surface area (TPSA) is 24.9 Å². The minimum atomic E-state index is -0.624. The van der Waals surface area contributed by atoms with Crippen LogP contribution in [0.25, 0.3) is 0 Å². The third-order valence-corrected chi connectivity index (χ3v) is 6.56. The molecule has 28 heavy (non-hydrogen) atoms. The van der Waals surface area contributed by atoms with Gasteiger partial charge in [-0.2, -0.15) is 0 Å². The molecule has 4 heterocycles. The van der Waals surface area contributed by atoms with Crippen LogP contribution in [0.4, 0.5) is 4.39 Å². The maximum atomic E-state index is 13.2. The van der Waals surface area contributed by atoms with Crippen LogP contribution in [0.2, 0.25) is 0 Å². The Morgan fingerprint density at radius 2 is 1.39 bits per heavy atom. The van der Waals surface area contributed by atoms with Crippen LogP contribution in [-0.4, -0.2) is 80.2 Å². The van der Waals surface area contributed by atoms with Crippen molar-refractivity contribution >= 4 is 0 Å². The molecule has 4 aliphatic heterocycles. The van der Waals surface area contributed by atoms with Gasteiger partial charge < -0.3 is 9.47 Å². The van der Waals surface area contributed by atoms with Gasteiger partial charge in [-0.1, -0.05) is 27.7 Å². The van der Waals surface area contributed by atoms with Crippen LogP contribution in [0, 0.1) is 0 Å². The molecule has 4 rings (SSSR count). The van der Waals surface area contributed by atoms with Crippen LogP contribution < -0.4 is 0 Å². The van der Waals surface area contributed by atoms with E-state index in [0.29, 0.717) is 18.5 Å². The molecule has 0 bridgehead atoms. The first kappa shape index (κ1) is 25.8. The molecule has 4 fully saturated rings. The first-order valence-electron chi connectivity index (χ1n) is 11.8. The number of rotatable bonds is 5. The summed E-state index contributed by atoms with van der Waals surface area (Å²) in [6.07, 6.45) is 7.87. The average Bonchev–Trinajstić information content (AvgIpc) is 3.44. The zero-order valence-electron chi connectivity index (χ0n) is 19.6. The van der Waals surface area contributed by atoms with Crippen molar-refractivity contribution in [2.45, 2.75) is 96.8 Å². The second-order valence-electron chi connectivity index (χ2n) is 8.06. The Labute approximate surface area is 174 Å². The fraction of sp³-hybridized carbons (Fsp3) is 1.00. The van der Waals surface area contributed by atoms with Crippen LogP contribution in [0.5, 0.6) is 0 Å². The van der Waals surface area contributed by atoms with E-state index in [2.05, 4.69) is 9.80 Å². The van der Waals surface area contributed by atoms with Crippen molar-refractivity contribution in [3.05, 3.63) is 0 Å². The van der Waals surface area contributed by atoms with Gasteiger partial charge in [0.1, 0.15) is 6.17 Å². The maximum Gasteiger partial charge on any atom is 0.115 e. The quantitative estimate of drug-likeness (QED) is 0.652. The molecule has 0 spiro atoms. The number of halogens is 1. The van der Waals surface area contributed by atoms with E-state index < -0.39 is 6.17 Å². The van der Waals surface area contributed by atoms with Gasteiger partial charge in [0.2, 0.25) is 0 Å². The van der Waals surface area contributed by atoms with Crippen molar-refractivity contribution in [3.63, 3.8) is 0 Å². The molecule has 0 aromatic heterocycles. The Bertz CT molecular complexity index is 400. The lowest BCUT2D eigenvalue weighted by Gasteiger charge is -2.30. The zero-order valence-corrected chi connectivity index (χ0v) is 19.6. The van der Waals surface area contributed by atoms with Gasteiger partial charge in [0.25, 0.3) is 0 Å². The summed E-state index contributed by atoms with van der Waals surface area (Å²) in [4.78, 5) is 4.91. The van der Waals surface area contributed by atoms with Crippen LogP contribution >= 0.6 is 0 Å². The predicted molar refractivity (Wildman–Crippen MR) is 117 cm³/mol. The van der Waals surface area contributed by atoms with E-state index >= 15 is 0 Å². The number of fused-ring (bicyclic) bond motifs is 2. The summed E-state index contributed by atoms with van der Waals surface area (Å²) < 4.78 is 24.0. The summed E-state index contributed by atoms with van der Waals surface area (Å²) in [7, 11) is 1.82. The fourth-order valence-electron chi connectivity index (χ4n) is 5.47. The highest BCUT2D eigenvalue weighted by atomic mass is 19.1. The Balaban J connectivity index is 0.000000240. The molecule has 168 valence electrons. The number of alkyl halides is 1. The van der Waals surface area contributed by atoms with E-state index in [1.165, 1.54) is 45.2 Å². The molecular formula is C23H47FN2O2. The van der Waals surface area contributed by atoms with Crippen LogP contribution in [0.15, 0.2) is 0 Å². The molecule has 2 unspecified atom stereocenters. The standard InChI is InChI=1S/C10H18FNO.C9H17NO.2C2H6/c1-2-13-8-10-4-3-5-12(10)7-9(11)6-10;1-11-8-9-4-2-6-10(9)7-3-5-9;2*1-2/h9H,2-8H2,1H3;2-8H2,1H3;2*1-2H3. The number of nitrogens with zero attached hydrogens (tertiary/aromatic N) is 2. The third kappa shape index (κ3) is 6.13. The molecule has 0 radical (unpaired) electrons. The third-order valence-electron chi connectivity index (χ3n) is 6.56. The Morgan fingerprint density at radius 1 is 0.857 bits per heavy atom. The molecule has 0 amide bonds. The van der Waals surface area contributed by atoms with Crippen molar-refractivity contribution in [1.29, 1.82) is 0 Å². The summed E-state index contributed by atoms with van der Waals surface area (Å²) in [6.45, 7) is 16.7. The summed E-state index contributed by atoms with van der Waals surface area (Å²) >= 11 is 0. The van der Waals surface area contributed by atoms with E-state index in [-0.39, 0.29) is 5.54 Å². The summed E-state index contributed by atoms with van der Waals surface area (Å²) in [5, 5.41) is 0. The first-order chi connectivity index (χ1) is 13.6. The van der Waals surface area contributed by atoms with E-state index in [1.54, 1.807) is 0 Å². The van der Waals surface area contributed by atoms with Crippen LogP contribution in [-0.2, 0) is 9.47 Å². The van der Waals surface area contributed by atoms with Gasteiger partial charge in [-0.3, -0.25) is 9.80 Å². The second-order valence-corrected chi connectivity index (χ2v) is 8.06. The van der Waals surface area contributed by atoms with Crippen LogP contribution in [0.3, 0.4) is 0 Å². The first-order valence-corrected chi connectivity index (χ1v) is 11.8. The molecule has 5 heteroatoms. The van der Waals surface area contributed by atoms with Crippen LogP contribution in [0.1, 0.15) is 79.6 Å². The molecule has 4 saturated heterocycles. The van der Waals surface area contributed by atoms with Crippen molar-refractivity contribution in [2.75, 3.05) is 53.1 Å². The van der Waals surface area contributed by atoms with E-state index in [0.717, 1.165) is 32.8 Å². The largest absolute Gasteiger partial charge is 0.383 e. The van der Waals surface area contributed by atoms with Gasteiger partial charge >= 0.3 is 0 Å². The van der Waals surface area contributed by atoms with Crippen molar-refractivity contribution in [2.24, 2.45) is 0 Å². The van der Waals surface area contributed by atoms with Crippen molar-refractivity contribution in [1.82, 2.24) is 9.80 Å². The normalized spacial score (nSPS) is 30.3. The molecule has 0 N–H and O–H groups in total. The lowest BCUT2D eigenvalue weighted by atomic mass is 9.95. The Kier molecular flexibility index (Phi) is 12.1. The SMILES string of the molecule is CC.CC.CCOCC12CCCN1CC(F)C2.COCC12CCCN1CCC2. The minimum absolute atomic E-state index is 0.0649. The summed E-state index contributed by atoms with van der Waals surface area (Å²) in [6, 6.07) is 0. The molecule has 0 aromatic carbocycles. The number of methoxy groups -OCH3 is 1. The number of hydrogen-bond acceptors (Lipinski definition) is 4. The Morgan fingerprint density at radius 3 is 1.93 bits per heavy atom. The average molecular weight is 403 g/mol. The monoisotopic (exact) mass is 402 g/mol. The van der Waals surface area contributed by atoms with E-state index in [1.807, 2.05) is 41.7 Å². The van der Waals surface area contributed by atoms with Gasteiger partial charge in [-0.15, -0.1) is 0 Å². The molecule has 0 aliphatic carbocycles. The van der Waals surface area contributed by atoms with E-state index in [4.69, 9.17) is 9.47 Å². The zero-order chi connectivity index (χ0) is 21.0. The van der Waals surface area contributed by atoms with Gasteiger partial charge in [-0.25, -0.2) is 4.39 Å².